The SMILES string of the molecule is COCCCN(CCOC)S(=O)(=O)CCC1CCNCC1. The highest BCUT2D eigenvalue weighted by molar-refractivity contribution is 7.89. The van der Waals surface area contributed by atoms with Crippen molar-refractivity contribution in [2.24, 2.45) is 5.92 Å². The first-order valence-electron chi connectivity index (χ1n) is 7.76. The van der Waals surface area contributed by atoms with Gasteiger partial charge in [0.25, 0.3) is 0 Å². The largest absolute Gasteiger partial charge is 0.385 e. The van der Waals surface area contributed by atoms with Gasteiger partial charge in [-0.05, 0) is 44.7 Å². The van der Waals surface area contributed by atoms with E-state index in [2.05, 4.69) is 5.32 Å². The number of hydrogen-bond acceptors (Lipinski definition) is 5. The minimum Gasteiger partial charge on any atom is -0.385 e. The smallest absolute Gasteiger partial charge is 0.214 e. The fourth-order valence-corrected chi connectivity index (χ4v) is 4.23. The van der Waals surface area contributed by atoms with Gasteiger partial charge in [0.2, 0.25) is 10.0 Å². The lowest BCUT2D eigenvalue weighted by Gasteiger charge is -2.25. The number of sulfonamides is 1. The number of nitrogens with zero attached hydrogens (tertiary/aromatic N) is 1. The van der Waals surface area contributed by atoms with Crippen LogP contribution in [0.15, 0.2) is 0 Å². The lowest BCUT2D eigenvalue weighted by molar-refractivity contribution is 0.164. The Labute approximate surface area is 129 Å². The van der Waals surface area contributed by atoms with Crippen molar-refractivity contribution >= 4 is 10.0 Å². The third-order valence-electron chi connectivity index (χ3n) is 3.94. The molecule has 126 valence electrons. The molecule has 1 fully saturated rings. The third-order valence-corrected chi connectivity index (χ3v) is 5.84. The first-order valence-corrected chi connectivity index (χ1v) is 9.37. The normalized spacial score (nSPS) is 17.5. The van der Waals surface area contributed by atoms with Gasteiger partial charge in [0.05, 0.1) is 12.4 Å². The van der Waals surface area contributed by atoms with Gasteiger partial charge in [0.1, 0.15) is 0 Å². The molecule has 0 aromatic rings. The summed E-state index contributed by atoms with van der Waals surface area (Å²) in [6, 6.07) is 0. The van der Waals surface area contributed by atoms with Crippen molar-refractivity contribution in [3.8, 4) is 0 Å². The summed E-state index contributed by atoms with van der Waals surface area (Å²) in [6.45, 7) is 3.95. The minimum atomic E-state index is -3.20. The van der Waals surface area contributed by atoms with Crippen LogP contribution in [-0.2, 0) is 19.5 Å². The predicted octanol–water partition coefficient (Wildman–Crippen LogP) is 0.691. The molecule has 0 aromatic carbocycles. The Kier molecular flexibility index (Phi) is 9.42. The molecule has 0 atom stereocenters. The maximum absolute atomic E-state index is 12.5. The van der Waals surface area contributed by atoms with Gasteiger partial charge in [-0.2, -0.15) is 4.31 Å². The maximum Gasteiger partial charge on any atom is 0.214 e. The van der Waals surface area contributed by atoms with E-state index in [-0.39, 0.29) is 5.75 Å². The van der Waals surface area contributed by atoms with E-state index >= 15 is 0 Å². The van der Waals surface area contributed by atoms with Crippen molar-refractivity contribution in [3.05, 3.63) is 0 Å². The van der Waals surface area contributed by atoms with Gasteiger partial charge in [0, 0.05) is 33.9 Å². The molecule has 0 unspecified atom stereocenters. The van der Waals surface area contributed by atoms with Crippen LogP contribution in [0, 0.1) is 5.92 Å². The van der Waals surface area contributed by atoms with E-state index < -0.39 is 10.0 Å². The number of nitrogens with one attached hydrogen (secondary N) is 1. The topological polar surface area (TPSA) is 67.9 Å². The highest BCUT2D eigenvalue weighted by Gasteiger charge is 2.23. The fraction of sp³-hybridized carbons (Fsp3) is 1.00. The Morgan fingerprint density at radius 1 is 1.10 bits per heavy atom. The van der Waals surface area contributed by atoms with Crippen molar-refractivity contribution in [2.45, 2.75) is 25.7 Å². The summed E-state index contributed by atoms with van der Waals surface area (Å²) in [6.07, 6.45) is 3.64. The van der Waals surface area contributed by atoms with Crippen LogP contribution >= 0.6 is 0 Å². The van der Waals surface area contributed by atoms with Crippen molar-refractivity contribution in [3.63, 3.8) is 0 Å². The number of rotatable bonds is 11. The van der Waals surface area contributed by atoms with E-state index in [4.69, 9.17) is 9.47 Å². The first-order chi connectivity index (χ1) is 10.1. The molecule has 7 heteroatoms. The van der Waals surface area contributed by atoms with E-state index in [1.165, 1.54) is 0 Å². The van der Waals surface area contributed by atoms with Gasteiger partial charge < -0.3 is 14.8 Å². The van der Waals surface area contributed by atoms with Gasteiger partial charge in [-0.25, -0.2) is 8.42 Å². The van der Waals surface area contributed by atoms with Gasteiger partial charge in [-0.3, -0.25) is 0 Å². The quantitative estimate of drug-likeness (QED) is 0.567. The van der Waals surface area contributed by atoms with E-state index in [1.807, 2.05) is 0 Å². The van der Waals surface area contributed by atoms with Crippen LogP contribution < -0.4 is 5.32 Å². The zero-order chi connectivity index (χ0) is 15.6. The number of hydrogen-bond donors (Lipinski definition) is 1. The van der Waals surface area contributed by atoms with E-state index in [0.29, 0.717) is 38.6 Å². The molecule has 1 N–H and O–H groups in total. The van der Waals surface area contributed by atoms with Crippen LogP contribution in [0.1, 0.15) is 25.7 Å². The molecule has 21 heavy (non-hydrogen) atoms. The molecule has 0 aromatic heterocycles. The molecule has 0 aliphatic carbocycles. The summed E-state index contributed by atoms with van der Waals surface area (Å²) in [5, 5.41) is 3.31. The Balaban J connectivity index is 2.46. The zero-order valence-corrected chi connectivity index (χ0v) is 14.2. The molecule has 1 saturated heterocycles. The molecular weight excluding hydrogens is 292 g/mol. The molecule has 6 nitrogen and oxygen atoms in total. The minimum absolute atomic E-state index is 0.244. The van der Waals surface area contributed by atoms with Crippen molar-refractivity contribution in [2.75, 3.05) is 59.4 Å². The lowest BCUT2D eigenvalue weighted by Crippen LogP contribution is -2.38. The Hall–Kier alpha value is -0.210. The standard InChI is InChI=1S/C14H30N2O4S/c1-19-11-3-9-16(10-12-20-2)21(17,18)13-6-14-4-7-15-8-5-14/h14-15H,3-13H2,1-2H3. The maximum atomic E-state index is 12.5. The van der Waals surface area contributed by atoms with E-state index in [1.54, 1.807) is 18.5 Å². The number of methoxy groups -OCH3 is 2. The Morgan fingerprint density at radius 2 is 1.76 bits per heavy atom. The lowest BCUT2D eigenvalue weighted by atomic mass is 9.96. The molecule has 1 aliphatic rings. The highest BCUT2D eigenvalue weighted by Crippen LogP contribution is 2.18. The summed E-state index contributed by atoms with van der Waals surface area (Å²) in [7, 11) is 0.0252. The molecule has 1 heterocycles. The summed E-state index contributed by atoms with van der Waals surface area (Å²) in [5.41, 5.74) is 0. The zero-order valence-electron chi connectivity index (χ0n) is 13.3. The van der Waals surface area contributed by atoms with Crippen molar-refractivity contribution in [1.82, 2.24) is 9.62 Å². The van der Waals surface area contributed by atoms with Gasteiger partial charge in [-0.15, -0.1) is 0 Å². The molecule has 0 saturated carbocycles. The van der Waals surface area contributed by atoms with Crippen LogP contribution in [0.5, 0.6) is 0 Å². The summed E-state index contributed by atoms with van der Waals surface area (Å²) in [4.78, 5) is 0. The van der Waals surface area contributed by atoms with Gasteiger partial charge in [0.15, 0.2) is 0 Å². The van der Waals surface area contributed by atoms with Crippen LogP contribution in [0.4, 0.5) is 0 Å². The number of piperidine rings is 1. The average Bonchev–Trinajstić information content (AvgIpc) is 2.49. The first kappa shape index (κ1) is 18.8. The van der Waals surface area contributed by atoms with Crippen molar-refractivity contribution < 1.29 is 17.9 Å². The summed E-state index contributed by atoms with van der Waals surface area (Å²) in [5.74, 6) is 0.776. The van der Waals surface area contributed by atoms with Crippen LogP contribution in [0.25, 0.3) is 0 Å². The fourth-order valence-electron chi connectivity index (χ4n) is 2.58. The predicted molar refractivity (Wildman–Crippen MR) is 83.9 cm³/mol. The molecule has 0 amide bonds. The van der Waals surface area contributed by atoms with Crippen LogP contribution in [0.2, 0.25) is 0 Å². The van der Waals surface area contributed by atoms with E-state index in [0.717, 1.165) is 32.4 Å². The highest BCUT2D eigenvalue weighted by atomic mass is 32.2. The second-order valence-electron chi connectivity index (χ2n) is 5.54. The monoisotopic (exact) mass is 322 g/mol. The van der Waals surface area contributed by atoms with Gasteiger partial charge >= 0.3 is 0 Å². The molecule has 0 radical (unpaired) electrons. The van der Waals surface area contributed by atoms with Crippen LogP contribution in [0.3, 0.4) is 0 Å². The van der Waals surface area contributed by atoms with E-state index in [9.17, 15) is 8.42 Å². The second-order valence-corrected chi connectivity index (χ2v) is 7.62. The average molecular weight is 322 g/mol. The molecular formula is C14H30N2O4S. The number of ether oxygens (including phenoxy) is 2. The Morgan fingerprint density at radius 3 is 2.38 bits per heavy atom. The molecule has 1 aliphatic heterocycles. The molecule has 1 rings (SSSR count). The summed E-state index contributed by atoms with van der Waals surface area (Å²) >= 11 is 0. The molecule has 0 bridgehead atoms. The van der Waals surface area contributed by atoms with Crippen molar-refractivity contribution in [1.29, 1.82) is 0 Å². The second kappa shape index (κ2) is 10.5. The summed E-state index contributed by atoms with van der Waals surface area (Å²) < 4.78 is 36.6. The Bertz CT molecular complexity index is 356. The van der Waals surface area contributed by atoms with Gasteiger partial charge in [-0.1, -0.05) is 0 Å². The molecule has 0 spiro atoms. The third kappa shape index (κ3) is 7.56. The van der Waals surface area contributed by atoms with Crippen LogP contribution in [-0.4, -0.2) is 72.1 Å².